The van der Waals surface area contributed by atoms with Crippen LogP contribution in [0.25, 0.3) is 10.9 Å². The summed E-state index contributed by atoms with van der Waals surface area (Å²) >= 11 is 5.94. The fourth-order valence-electron chi connectivity index (χ4n) is 1.52. The van der Waals surface area contributed by atoms with Gasteiger partial charge in [0.15, 0.2) is 0 Å². The van der Waals surface area contributed by atoms with E-state index in [1.807, 2.05) is 0 Å². The van der Waals surface area contributed by atoms with Gasteiger partial charge in [0.25, 0.3) is 0 Å². The first-order chi connectivity index (χ1) is 7.15. The molecule has 2 aromatic rings. The Labute approximate surface area is 90.4 Å². The topological polar surface area (TPSA) is 62.3 Å². The molecule has 0 aliphatic carbocycles. The van der Waals surface area contributed by atoms with Crippen LogP contribution in [0, 0.1) is 0 Å². The molecule has 0 fully saturated rings. The molecule has 0 saturated carbocycles. The third-order valence-electron chi connectivity index (χ3n) is 2.20. The zero-order chi connectivity index (χ0) is 11.0. The van der Waals surface area contributed by atoms with E-state index in [0.29, 0.717) is 21.7 Å². The van der Waals surface area contributed by atoms with Crippen molar-refractivity contribution in [1.29, 1.82) is 0 Å². The number of ether oxygens (including phenoxy) is 1. The first kappa shape index (κ1) is 9.86. The Bertz CT molecular complexity index is 533. The summed E-state index contributed by atoms with van der Waals surface area (Å²) in [4.78, 5) is 13.7. The minimum absolute atomic E-state index is 0.147. The smallest absolute Gasteiger partial charge is 0.337 e. The Hall–Kier alpha value is -1.68. The monoisotopic (exact) mass is 225 g/mol. The van der Waals surface area contributed by atoms with Crippen molar-refractivity contribution in [2.75, 3.05) is 7.11 Å². The van der Waals surface area contributed by atoms with E-state index in [1.54, 1.807) is 12.1 Å². The van der Waals surface area contributed by atoms with Gasteiger partial charge in [-0.05, 0) is 12.1 Å². The van der Waals surface area contributed by atoms with E-state index in [4.69, 9.17) is 21.4 Å². The van der Waals surface area contributed by atoms with Gasteiger partial charge < -0.3 is 14.8 Å². The number of aromatic amines is 1. The zero-order valence-corrected chi connectivity index (χ0v) is 8.63. The average molecular weight is 226 g/mol. The molecule has 1 aromatic carbocycles. The summed E-state index contributed by atoms with van der Waals surface area (Å²) in [5.74, 6) is -0.446. The molecule has 0 unspecified atom stereocenters. The zero-order valence-electron chi connectivity index (χ0n) is 7.87. The number of carboxylic acid groups (broad SMARTS) is 1. The molecule has 5 heteroatoms. The first-order valence-electron chi connectivity index (χ1n) is 4.22. The van der Waals surface area contributed by atoms with E-state index in [-0.39, 0.29) is 5.56 Å². The van der Waals surface area contributed by atoms with Crippen LogP contribution >= 0.6 is 11.6 Å². The molecule has 0 aliphatic rings. The predicted octanol–water partition coefficient (Wildman–Crippen LogP) is 2.53. The molecule has 4 nitrogen and oxygen atoms in total. The summed E-state index contributed by atoms with van der Waals surface area (Å²) < 4.78 is 5.09. The Morgan fingerprint density at radius 2 is 2.27 bits per heavy atom. The van der Waals surface area contributed by atoms with E-state index < -0.39 is 5.97 Å². The highest BCUT2D eigenvalue weighted by Gasteiger charge is 2.15. The molecular formula is C10H8ClNO3. The fourth-order valence-corrected chi connectivity index (χ4v) is 1.78. The van der Waals surface area contributed by atoms with Crippen molar-refractivity contribution in [2.45, 2.75) is 0 Å². The first-order valence-corrected chi connectivity index (χ1v) is 4.60. The van der Waals surface area contributed by atoms with Crippen LogP contribution in [0.2, 0.25) is 5.02 Å². The molecule has 1 heterocycles. The molecule has 0 amide bonds. The lowest BCUT2D eigenvalue weighted by Gasteiger charge is -2.02. The summed E-state index contributed by atoms with van der Waals surface area (Å²) in [7, 11) is 1.52. The van der Waals surface area contributed by atoms with Crippen molar-refractivity contribution in [2.24, 2.45) is 0 Å². The minimum atomic E-state index is -1.02. The van der Waals surface area contributed by atoms with E-state index in [1.165, 1.54) is 13.3 Å². The summed E-state index contributed by atoms with van der Waals surface area (Å²) in [6.07, 6.45) is 1.40. The standard InChI is InChI=1S/C10H8ClNO3/c1-15-7-3-2-6(11)8-5(10(13)14)4-12-9(7)8/h2-4,12H,1H3,(H,13,14). The van der Waals surface area contributed by atoms with Crippen molar-refractivity contribution in [3.63, 3.8) is 0 Å². The Morgan fingerprint density at radius 3 is 2.87 bits per heavy atom. The molecule has 1 aromatic heterocycles. The second-order valence-electron chi connectivity index (χ2n) is 3.01. The van der Waals surface area contributed by atoms with Gasteiger partial charge in [0.05, 0.1) is 23.2 Å². The van der Waals surface area contributed by atoms with Gasteiger partial charge in [0.1, 0.15) is 5.75 Å². The quantitative estimate of drug-likeness (QED) is 0.826. The second kappa shape index (κ2) is 3.47. The number of aromatic carboxylic acids is 1. The second-order valence-corrected chi connectivity index (χ2v) is 3.41. The molecule has 0 aliphatic heterocycles. The molecule has 2 N–H and O–H groups in total. The molecule has 2 rings (SSSR count). The van der Waals surface area contributed by atoms with Gasteiger partial charge in [-0.25, -0.2) is 4.79 Å². The number of benzene rings is 1. The summed E-state index contributed by atoms with van der Waals surface area (Å²) in [5.41, 5.74) is 0.747. The van der Waals surface area contributed by atoms with Crippen molar-refractivity contribution in [3.8, 4) is 5.75 Å². The number of halogens is 1. The van der Waals surface area contributed by atoms with Gasteiger partial charge in [0, 0.05) is 11.6 Å². The third kappa shape index (κ3) is 1.43. The van der Waals surface area contributed by atoms with E-state index >= 15 is 0 Å². The largest absolute Gasteiger partial charge is 0.495 e. The summed E-state index contributed by atoms with van der Waals surface area (Å²) in [6, 6.07) is 3.30. The Balaban J connectivity index is 2.84. The normalized spacial score (nSPS) is 10.5. The third-order valence-corrected chi connectivity index (χ3v) is 2.51. The molecule has 0 bridgehead atoms. The molecular weight excluding hydrogens is 218 g/mol. The van der Waals surface area contributed by atoms with Gasteiger partial charge in [-0.1, -0.05) is 11.6 Å². The number of H-pyrrole nitrogens is 1. The van der Waals surface area contributed by atoms with E-state index in [2.05, 4.69) is 4.98 Å². The molecule has 0 spiro atoms. The predicted molar refractivity (Wildman–Crippen MR) is 56.8 cm³/mol. The number of nitrogens with one attached hydrogen (secondary N) is 1. The maximum Gasteiger partial charge on any atom is 0.337 e. The molecule has 0 radical (unpaired) electrons. The average Bonchev–Trinajstić information content (AvgIpc) is 2.63. The van der Waals surface area contributed by atoms with Gasteiger partial charge in [-0.15, -0.1) is 0 Å². The van der Waals surface area contributed by atoms with Crippen molar-refractivity contribution in [1.82, 2.24) is 4.98 Å². The number of aromatic nitrogens is 1. The van der Waals surface area contributed by atoms with Gasteiger partial charge >= 0.3 is 5.97 Å². The van der Waals surface area contributed by atoms with Crippen LogP contribution in [0.4, 0.5) is 0 Å². The SMILES string of the molecule is COc1ccc(Cl)c2c(C(=O)O)c[nH]c12. The Kier molecular flexibility index (Phi) is 2.28. The van der Waals surface area contributed by atoms with Crippen LogP contribution in [0.15, 0.2) is 18.3 Å². The van der Waals surface area contributed by atoms with Crippen LogP contribution in [-0.2, 0) is 0 Å². The number of hydrogen-bond acceptors (Lipinski definition) is 2. The van der Waals surface area contributed by atoms with Crippen LogP contribution in [-0.4, -0.2) is 23.2 Å². The summed E-state index contributed by atoms with van der Waals surface area (Å²) in [6.45, 7) is 0. The summed E-state index contributed by atoms with van der Waals surface area (Å²) in [5, 5.41) is 9.81. The maximum absolute atomic E-state index is 10.9. The molecule has 15 heavy (non-hydrogen) atoms. The maximum atomic E-state index is 10.9. The van der Waals surface area contributed by atoms with Crippen LogP contribution in [0.1, 0.15) is 10.4 Å². The lowest BCUT2D eigenvalue weighted by molar-refractivity contribution is 0.0699. The van der Waals surface area contributed by atoms with E-state index in [0.717, 1.165) is 0 Å². The van der Waals surface area contributed by atoms with Crippen LogP contribution in [0.5, 0.6) is 5.75 Å². The number of rotatable bonds is 2. The number of methoxy groups -OCH3 is 1. The van der Waals surface area contributed by atoms with Crippen LogP contribution in [0.3, 0.4) is 0 Å². The van der Waals surface area contributed by atoms with Crippen molar-refractivity contribution < 1.29 is 14.6 Å². The highest BCUT2D eigenvalue weighted by molar-refractivity contribution is 6.37. The minimum Gasteiger partial charge on any atom is -0.495 e. The lowest BCUT2D eigenvalue weighted by atomic mass is 10.1. The van der Waals surface area contributed by atoms with Gasteiger partial charge in [0.2, 0.25) is 0 Å². The van der Waals surface area contributed by atoms with Crippen molar-refractivity contribution in [3.05, 3.63) is 28.9 Å². The number of hydrogen-bond donors (Lipinski definition) is 2. The molecule has 78 valence electrons. The van der Waals surface area contributed by atoms with Gasteiger partial charge in [-0.2, -0.15) is 0 Å². The lowest BCUT2D eigenvalue weighted by Crippen LogP contribution is -1.94. The molecule has 0 atom stereocenters. The van der Waals surface area contributed by atoms with Crippen molar-refractivity contribution >= 4 is 28.5 Å². The number of fused-ring (bicyclic) bond motifs is 1. The fraction of sp³-hybridized carbons (Fsp3) is 0.100. The number of carboxylic acids is 1. The Morgan fingerprint density at radius 1 is 1.53 bits per heavy atom. The van der Waals surface area contributed by atoms with E-state index in [9.17, 15) is 4.79 Å². The molecule has 0 saturated heterocycles. The number of carbonyl (C=O) groups is 1. The highest BCUT2D eigenvalue weighted by atomic mass is 35.5. The highest BCUT2D eigenvalue weighted by Crippen LogP contribution is 2.33. The van der Waals surface area contributed by atoms with Gasteiger partial charge in [-0.3, -0.25) is 0 Å². The van der Waals surface area contributed by atoms with Crippen LogP contribution < -0.4 is 4.74 Å².